The lowest BCUT2D eigenvalue weighted by molar-refractivity contribution is -0.162. The predicted octanol–water partition coefficient (Wildman–Crippen LogP) is 2.05. The van der Waals surface area contributed by atoms with Gasteiger partial charge in [0.1, 0.15) is 12.1 Å². The number of aliphatic carboxylic acids is 1. The summed E-state index contributed by atoms with van der Waals surface area (Å²) >= 11 is 0. The Morgan fingerprint density at radius 1 is 1.26 bits per heavy atom. The molecule has 110 valence electrons. The minimum atomic E-state index is -1.02. The van der Waals surface area contributed by atoms with E-state index in [0.717, 1.165) is 32.1 Å². The quantitative estimate of drug-likeness (QED) is 0.720. The molecule has 0 atom stereocenters. The Bertz CT molecular complexity index is 311. The second-order valence-corrected chi connectivity index (χ2v) is 5.26. The first-order chi connectivity index (χ1) is 9.04. The second kappa shape index (κ2) is 7.48. The SMILES string of the molecule is CCCCOCC(=O)N(C)C1(C(=O)O)CCCCC1. The van der Waals surface area contributed by atoms with E-state index in [4.69, 9.17) is 4.74 Å². The fourth-order valence-corrected chi connectivity index (χ4v) is 2.57. The van der Waals surface area contributed by atoms with Gasteiger partial charge in [0.25, 0.3) is 0 Å². The fraction of sp³-hybridized carbons (Fsp3) is 0.857. The number of hydrogen-bond acceptors (Lipinski definition) is 3. The van der Waals surface area contributed by atoms with E-state index < -0.39 is 11.5 Å². The maximum absolute atomic E-state index is 12.1. The predicted molar refractivity (Wildman–Crippen MR) is 71.9 cm³/mol. The van der Waals surface area contributed by atoms with Gasteiger partial charge in [-0.3, -0.25) is 4.79 Å². The molecule has 1 aliphatic carbocycles. The van der Waals surface area contributed by atoms with Crippen LogP contribution in [0.1, 0.15) is 51.9 Å². The Labute approximate surface area is 114 Å². The first-order valence-corrected chi connectivity index (χ1v) is 7.12. The van der Waals surface area contributed by atoms with Crippen molar-refractivity contribution in [3.8, 4) is 0 Å². The standard InChI is InChI=1S/C14H25NO4/c1-3-4-10-19-11-12(16)15(2)14(13(17)18)8-6-5-7-9-14/h3-11H2,1-2H3,(H,17,18). The monoisotopic (exact) mass is 271 g/mol. The van der Waals surface area contributed by atoms with Gasteiger partial charge in [-0.15, -0.1) is 0 Å². The van der Waals surface area contributed by atoms with E-state index in [9.17, 15) is 14.7 Å². The van der Waals surface area contributed by atoms with Crippen LogP contribution in [0.15, 0.2) is 0 Å². The van der Waals surface area contributed by atoms with E-state index in [0.29, 0.717) is 19.4 Å². The molecule has 0 radical (unpaired) electrons. The van der Waals surface area contributed by atoms with Crippen molar-refractivity contribution in [3.63, 3.8) is 0 Å². The number of carbonyl (C=O) groups excluding carboxylic acids is 1. The molecule has 0 aromatic carbocycles. The summed E-state index contributed by atoms with van der Waals surface area (Å²) in [7, 11) is 1.59. The summed E-state index contributed by atoms with van der Waals surface area (Å²) < 4.78 is 5.29. The number of carboxylic acids is 1. The first kappa shape index (κ1) is 16.0. The summed E-state index contributed by atoms with van der Waals surface area (Å²) in [6.07, 6.45) is 5.79. The van der Waals surface area contributed by atoms with Crippen LogP contribution >= 0.6 is 0 Å². The van der Waals surface area contributed by atoms with Crippen LogP contribution in [0.25, 0.3) is 0 Å². The Balaban J connectivity index is 2.58. The van der Waals surface area contributed by atoms with Gasteiger partial charge in [0.15, 0.2) is 0 Å². The molecule has 0 unspecified atom stereocenters. The molecule has 5 nitrogen and oxygen atoms in total. The van der Waals surface area contributed by atoms with Crippen molar-refractivity contribution in [2.75, 3.05) is 20.3 Å². The molecular formula is C14H25NO4. The maximum atomic E-state index is 12.1. The van der Waals surface area contributed by atoms with Crippen molar-refractivity contribution >= 4 is 11.9 Å². The van der Waals surface area contributed by atoms with Crippen LogP contribution in [0, 0.1) is 0 Å². The number of carboxylic acid groups (broad SMARTS) is 1. The molecule has 1 aliphatic rings. The summed E-state index contributed by atoms with van der Waals surface area (Å²) in [6.45, 7) is 2.58. The number of hydrogen-bond donors (Lipinski definition) is 1. The minimum Gasteiger partial charge on any atom is -0.479 e. The lowest BCUT2D eigenvalue weighted by atomic mass is 9.80. The van der Waals surface area contributed by atoms with Crippen LogP contribution < -0.4 is 0 Å². The van der Waals surface area contributed by atoms with Gasteiger partial charge < -0.3 is 14.7 Å². The molecule has 0 aliphatic heterocycles. The highest BCUT2D eigenvalue weighted by Gasteiger charge is 2.45. The van der Waals surface area contributed by atoms with Crippen molar-refractivity contribution in [1.82, 2.24) is 4.90 Å². The Morgan fingerprint density at radius 3 is 2.42 bits per heavy atom. The molecule has 19 heavy (non-hydrogen) atoms. The zero-order chi connectivity index (χ0) is 14.3. The van der Waals surface area contributed by atoms with Gasteiger partial charge >= 0.3 is 5.97 Å². The number of carbonyl (C=O) groups is 2. The van der Waals surface area contributed by atoms with Gasteiger partial charge in [-0.2, -0.15) is 0 Å². The maximum Gasteiger partial charge on any atom is 0.329 e. The van der Waals surface area contributed by atoms with Gasteiger partial charge in [0.2, 0.25) is 5.91 Å². The molecule has 0 aromatic rings. The van der Waals surface area contributed by atoms with E-state index in [-0.39, 0.29) is 12.5 Å². The molecule has 0 spiro atoms. The molecule has 1 N–H and O–H groups in total. The van der Waals surface area contributed by atoms with Gasteiger partial charge in [-0.1, -0.05) is 32.6 Å². The topological polar surface area (TPSA) is 66.8 Å². The molecule has 0 heterocycles. The zero-order valence-corrected chi connectivity index (χ0v) is 12.0. The normalized spacial score (nSPS) is 18.0. The highest BCUT2D eigenvalue weighted by molar-refractivity contribution is 5.87. The molecule has 1 rings (SSSR count). The summed E-state index contributed by atoms with van der Waals surface area (Å²) in [5.74, 6) is -1.13. The van der Waals surface area contributed by atoms with E-state index in [2.05, 4.69) is 6.92 Å². The molecule has 1 fully saturated rings. The third-order valence-corrected chi connectivity index (χ3v) is 3.96. The Morgan fingerprint density at radius 2 is 1.89 bits per heavy atom. The molecule has 5 heteroatoms. The van der Waals surface area contributed by atoms with Crippen LogP contribution in [0.3, 0.4) is 0 Å². The number of ether oxygens (including phenoxy) is 1. The number of unbranched alkanes of at least 4 members (excludes halogenated alkanes) is 1. The molecule has 1 amide bonds. The smallest absolute Gasteiger partial charge is 0.329 e. The minimum absolute atomic E-state index is 0.0223. The van der Waals surface area contributed by atoms with Gasteiger partial charge in [-0.05, 0) is 19.3 Å². The van der Waals surface area contributed by atoms with Crippen molar-refractivity contribution in [1.29, 1.82) is 0 Å². The highest BCUT2D eigenvalue weighted by Crippen LogP contribution is 2.33. The van der Waals surface area contributed by atoms with Gasteiger partial charge in [-0.25, -0.2) is 4.79 Å². The lowest BCUT2D eigenvalue weighted by Crippen LogP contribution is -2.57. The molecule has 0 saturated heterocycles. The van der Waals surface area contributed by atoms with Crippen LogP contribution in [0.2, 0.25) is 0 Å². The van der Waals surface area contributed by atoms with E-state index in [1.54, 1.807) is 7.05 Å². The summed E-state index contributed by atoms with van der Waals surface area (Å²) in [5.41, 5.74) is -1.02. The highest BCUT2D eigenvalue weighted by atomic mass is 16.5. The summed E-state index contributed by atoms with van der Waals surface area (Å²) in [6, 6.07) is 0. The summed E-state index contributed by atoms with van der Waals surface area (Å²) in [4.78, 5) is 25.0. The zero-order valence-electron chi connectivity index (χ0n) is 12.0. The third kappa shape index (κ3) is 3.93. The fourth-order valence-electron chi connectivity index (χ4n) is 2.57. The van der Waals surface area contributed by atoms with E-state index in [1.165, 1.54) is 4.90 Å². The third-order valence-electron chi connectivity index (χ3n) is 3.96. The first-order valence-electron chi connectivity index (χ1n) is 7.12. The molecule has 0 aromatic heterocycles. The number of rotatable bonds is 7. The largest absolute Gasteiger partial charge is 0.479 e. The van der Waals surface area contributed by atoms with Crippen LogP contribution in [-0.4, -0.2) is 47.7 Å². The average Bonchev–Trinajstić information content (AvgIpc) is 2.43. The van der Waals surface area contributed by atoms with Crippen molar-refractivity contribution in [3.05, 3.63) is 0 Å². The number of amides is 1. The van der Waals surface area contributed by atoms with Crippen LogP contribution in [0.5, 0.6) is 0 Å². The Hall–Kier alpha value is -1.10. The van der Waals surface area contributed by atoms with Crippen molar-refractivity contribution in [2.45, 2.75) is 57.4 Å². The van der Waals surface area contributed by atoms with Crippen molar-refractivity contribution < 1.29 is 19.4 Å². The van der Waals surface area contributed by atoms with Crippen LogP contribution in [0.4, 0.5) is 0 Å². The molecule has 1 saturated carbocycles. The Kier molecular flexibility index (Phi) is 6.28. The number of likely N-dealkylation sites (N-methyl/N-ethyl adjacent to an activating group) is 1. The summed E-state index contributed by atoms with van der Waals surface area (Å²) in [5, 5.41) is 9.48. The second-order valence-electron chi connectivity index (χ2n) is 5.26. The average molecular weight is 271 g/mol. The van der Waals surface area contributed by atoms with E-state index >= 15 is 0 Å². The van der Waals surface area contributed by atoms with Crippen LogP contribution in [-0.2, 0) is 14.3 Å². The van der Waals surface area contributed by atoms with Gasteiger partial charge in [0, 0.05) is 13.7 Å². The lowest BCUT2D eigenvalue weighted by Gasteiger charge is -2.40. The molecule has 0 bridgehead atoms. The molecular weight excluding hydrogens is 246 g/mol. The van der Waals surface area contributed by atoms with E-state index in [1.807, 2.05) is 0 Å². The van der Waals surface area contributed by atoms with Gasteiger partial charge in [0.05, 0.1) is 0 Å². The van der Waals surface area contributed by atoms with Crippen molar-refractivity contribution in [2.24, 2.45) is 0 Å². The number of nitrogens with zero attached hydrogens (tertiary/aromatic N) is 1.